The quantitative estimate of drug-likeness (QED) is 0.440. The number of nitrogens with zero attached hydrogens (tertiary/aromatic N) is 6. The first-order valence-corrected chi connectivity index (χ1v) is 10.5. The molecule has 1 unspecified atom stereocenters. The SMILES string of the molecule is CS(=O)(=NCc1cn2ccc(-c3noc(C(F)(F)Cl)n3)cc2n1)c1cccnc1. The number of pyridine rings is 2. The number of halogens is 3. The molecule has 4 rings (SSSR count). The largest absolute Gasteiger partial charge is 0.400 e. The van der Waals surface area contributed by atoms with Crippen LogP contribution in [-0.4, -0.2) is 35.0 Å². The van der Waals surface area contributed by atoms with Gasteiger partial charge < -0.3 is 8.92 Å². The van der Waals surface area contributed by atoms with Gasteiger partial charge in [0.15, 0.2) is 0 Å². The van der Waals surface area contributed by atoms with Crippen molar-refractivity contribution < 1.29 is 17.5 Å². The van der Waals surface area contributed by atoms with Crippen molar-refractivity contribution in [1.82, 2.24) is 24.5 Å². The molecule has 0 saturated carbocycles. The van der Waals surface area contributed by atoms with E-state index in [1.807, 2.05) is 0 Å². The van der Waals surface area contributed by atoms with Crippen LogP contribution < -0.4 is 0 Å². The third kappa shape index (κ3) is 4.10. The first-order valence-electron chi connectivity index (χ1n) is 8.19. The number of hydrogen-bond acceptors (Lipinski definition) is 7. The predicted octanol–water partition coefficient (Wildman–Crippen LogP) is 3.72. The maximum absolute atomic E-state index is 13.1. The molecule has 0 amide bonds. The zero-order valence-electron chi connectivity index (χ0n) is 14.9. The second kappa shape index (κ2) is 7.16. The number of hydrogen-bond donors (Lipinski definition) is 0. The molecule has 4 aromatic rings. The van der Waals surface area contributed by atoms with Crippen LogP contribution in [0, 0.1) is 0 Å². The summed E-state index contributed by atoms with van der Waals surface area (Å²) in [7, 11) is -2.61. The standard InChI is InChI=1S/C17H13ClF2N6O2S/c1-29(27,13-3-2-5-21-9-13)22-8-12-10-26-6-4-11(7-14(26)23-12)15-24-16(28-25-15)17(18,19)20/h2-7,9-10H,8H2,1H3. The predicted molar refractivity (Wildman–Crippen MR) is 101 cm³/mol. The average molecular weight is 439 g/mol. The van der Waals surface area contributed by atoms with Crippen LogP contribution >= 0.6 is 11.6 Å². The van der Waals surface area contributed by atoms with Crippen LogP contribution in [0.1, 0.15) is 11.6 Å². The molecule has 0 aliphatic heterocycles. The highest BCUT2D eigenvalue weighted by Crippen LogP contribution is 2.32. The van der Waals surface area contributed by atoms with Gasteiger partial charge in [0.1, 0.15) is 5.65 Å². The number of alkyl halides is 3. The molecule has 0 radical (unpaired) electrons. The number of rotatable bonds is 5. The van der Waals surface area contributed by atoms with Gasteiger partial charge in [0.2, 0.25) is 5.82 Å². The normalized spacial score (nSPS) is 14.1. The van der Waals surface area contributed by atoms with Gasteiger partial charge in [-0.15, -0.1) is 0 Å². The molecule has 150 valence electrons. The zero-order chi connectivity index (χ0) is 20.6. The van der Waals surface area contributed by atoms with Gasteiger partial charge in [-0.3, -0.25) is 4.98 Å². The maximum atomic E-state index is 13.1. The first-order chi connectivity index (χ1) is 13.7. The van der Waals surface area contributed by atoms with Crippen molar-refractivity contribution in [3.8, 4) is 11.4 Å². The summed E-state index contributed by atoms with van der Waals surface area (Å²) in [4.78, 5) is 12.5. The fraction of sp³-hybridized carbons (Fsp3) is 0.176. The van der Waals surface area contributed by atoms with Crippen molar-refractivity contribution in [2.45, 2.75) is 16.8 Å². The van der Waals surface area contributed by atoms with Crippen molar-refractivity contribution in [2.75, 3.05) is 6.26 Å². The van der Waals surface area contributed by atoms with Crippen LogP contribution in [0.3, 0.4) is 0 Å². The van der Waals surface area contributed by atoms with E-state index in [0.29, 0.717) is 21.8 Å². The topological polar surface area (TPSA) is 98.5 Å². The minimum atomic E-state index is -3.74. The third-order valence-electron chi connectivity index (χ3n) is 3.98. The van der Waals surface area contributed by atoms with E-state index in [4.69, 9.17) is 11.6 Å². The number of fused-ring (bicyclic) bond motifs is 1. The fourth-order valence-corrected chi connectivity index (χ4v) is 3.73. The summed E-state index contributed by atoms with van der Waals surface area (Å²) in [5, 5.41) is -0.218. The van der Waals surface area contributed by atoms with Crippen LogP contribution in [0.5, 0.6) is 0 Å². The molecule has 0 aliphatic carbocycles. The van der Waals surface area contributed by atoms with E-state index in [1.165, 1.54) is 6.20 Å². The highest BCUT2D eigenvalue weighted by atomic mass is 35.5. The summed E-state index contributed by atoms with van der Waals surface area (Å²) in [6, 6.07) is 6.63. The molecule has 4 heterocycles. The van der Waals surface area contributed by atoms with Crippen molar-refractivity contribution in [3.63, 3.8) is 0 Å². The van der Waals surface area contributed by atoms with Gasteiger partial charge in [-0.1, -0.05) is 5.16 Å². The van der Waals surface area contributed by atoms with E-state index in [1.54, 1.807) is 53.5 Å². The maximum Gasteiger partial charge on any atom is 0.400 e. The van der Waals surface area contributed by atoms with E-state index in [-0.39, 0.29) is 12.4 Å². The lowest BCUT2D eigenvalue weighted by molar-refractivity contribution is 0.0551. The minimum absolute atomic E-state index is 0.0368. The Morgan fingerprint density at radius 2 is 2.17 bits per heavy atom. The van der Waals surface area contributed by atoms with Gasteiger partial charge in [0.05, 0.1) is 26.9 Å². The van der Waals surface area contributed by atoms with E-state index in [2.05, 4.69) is 29.0 Å². The highest BCUT2D eigenvalue weighted by Gasteiger charge is 2.35. The molecule has 0 N–H and O–H groups in total. The van der Waals surface area contributed by atoms with Crippen LogP contribution in [-0.2, 0) is 21.7 Å². The van der Waals surface area contributed by atoms with Crippen LogP contribution in [0.4, 0.5) is 8.78 Å². The molecular weight excluding hydrogens is 426 g/mol. The summed E-state index contributed by atoms with van der Waals surface area (Å²) in [6.45, 7) is 0.131. The van der Waals surface area contributed by atoms with Crippen molar-refractivity contribution in [3.05, 3.63) is 60.6 Å². The summed E-state index contributed by atoms with van der Waals surface area (Å²) < 4.78 is 49.4. The zero-order valence-corrected chi connectivity index (χ0v) is 16.4. The van der Waals surface area contributed by atoms with Gasteiger partial charge in [-0.25, -0.2) is 13.6 Å². The van der Waals surface area contributed by atoms with Crippen LogP contribution in [0.25, 0.3) is 17.0 Å². The summed E-state index contributed by atoms with van der Waals surface area (Å²) in [6.07, 6.45) is 8.06. The molecular formula is C17H13ClF2N6O2S. The molecule has 12 heteroatoms. The molecule has 4 aromatic heterocycles. The Hall–Kier alpha value is -2.92. The second-order valence-corrected chi connectivity index (χ2v) is 8.92. The van der Waals surface area contributed by atoms with Crippen LogP contribution in [0.15, 0.2) is 62.8 Å². The average Bonchev–Trinajstić information content (AvgIpc) is 3.33. The Morgan fingerprint density at radius 3 is 2.86 bits per heavy atom. The summed E-state index contributed by atoms with van der Waals surface area (Å²) in [5.41, 5.74) is 1.53. The highest BCUT2D eigenvalue weighted by molar-refractivity contribution is 7.93. The molecule has 0 fully saturated rings. The first kappa shape index (κ1) is 19.4. The molecule has 0 aromatic carbocycles. The molecule has 0 spiro atoms. The van der Waals surface area contributed by atoms with E-state index in [0.717, 1.165) is 0 Å². The second-order valence-electron chi connectivity index (χ2n) is 6.11. The molecule has 0 bridgehead atoms. The van der Waals surface area contributed by atoms with Gasteiger partial charge in [0, 0.05) is 36.6 Å². The van der Waals surface area contributed by atoms with Crippen molar-refractivity contribution >= 4 is 27.0 Å². The van der Waals surface area contributed by atoms with E-state index in [9.17, 15) is 13.0 Å². The van der Waals surface area contributed by atoms with Gasteiger partial charge in [0.25, 0.3) is 0 Å². The van der Waals surface area contributed by atoms with E-state index >= 15 is 0 Å². The number of aromatic nitrogens is 5. The van der Waals surface area contributed by atoms with Crippen LogP contribution in [0.2, 0.25) is 0 Å². The summed E-state index contributed by atoms with van der Waals surface area (Å²) in [5.74, 6) is -1.02. The Bertz CT molecular complexity index is 1290. The van der Waals surface area contributed by atoms with Crippen molar-refractivity contribution in [2.24, 2.45) is 4.36 Å². The smallest absolute Gasteiger partial charge is 0.331 e. The number of imidazole rings is 1. The lowest BCUT2D eigenvalue weighted by Crippen LogP contribution is -2.03. The Kier molecular flexibility index (Phi) is 4.79. The van der Waals surface area contributed by atoms with Gasteiger partial charge in [-0.05, 0) is 35.9 Å². The molecule has 0 saturated heterocycles. The Balaban J connectivity index is 1.61. The molecule has 29 heavy (non-hydrogen) atoms. The fourth-order valence-electron chi connectivity index (χ4n) is 2.54. The molecule has 0 aliphatic rings. The van der Waals surface area contributed by atoms with Gasteiger partial charge >= 0.3 is 11.3 Å². The minimum Gasteiger partial charge on any atom is -0.331 e. The lowest BCUT2D eigenvalue weighted by atomic mass is 10.2. The van der Waals surface area contributed by atoms with E-state index < -0.39 is 21.0 Å². The van der Waals surface area contributed by atoms with Gasteiger partial charge in [-0.2, -0.15) is 13.8 Å². The molecule has 1 atom stereocenters. The monoisotopic (exact) mass is 438 g/mol. The summed E-state index contributed by atoms with van der Waals surface area (Å²) >= 11 is 4.89. The third-order valence-corrected chi connectivity index (χ3v) is 5.88. The lowest BCUT2D eigenvalue weighted by Gasteiger charge is -2.02. The molecule has 8 nitrogen and oxygen atoms in total. The van der Waals surface area contributed by atoms with Crippen molar-refractivity contribution in [1.29, 1.82) is 0 Å². The Labute approximate surface area is 168 Å². The Morgan fingerprint density at radius 1 is 1.34 bits per heavy atom.